The molecule has 20 heavy (non-hydrogen) atoms. The fraction of sp³-hybridized carbons (Fsp3) is 0.625. The molecule has 1 amide bonds. The van der Waals surface area contributed by atoms with Crippen molar-refractivity contribution in [2.24, 2.45) is 5.92 Å². The molecule has 0 bridgehead atoms. The number of furan rings is 1. The van der Waals surface area contributed by atoms with Gasteiger partial charge in [-0.3, -0.25) is 9.59 Å². The first-order chi connectivity index (χ1) is 9.65. The number of hydrogen-bond acceptors (Lipinski definition) is 3. The zero-order chi connectivity index (χ0) is 14.1. The maximum Gasteiger partial charge on any atom is 0.287 e. The standard InChI is InChI=1S/C16H21NO3/c1-10-5-2-3-6-12(10)17-16(19)15-9-11-13(18)7-4-8-14(11)20-15/h9-10,12H,2-8H2,1H3,(H,17,19). The lowest BCUT2D eigenvalue weighted by molar-refractivity contribution is 0.0878. The molecule has 0 aliphatic heterocycles. The fourth-order valence-corrected chi connectivity index (χ4v) is 3.28. The summed E-state index contributed by atoms with van der Waals surface area (Å²) >= 11 is 0. The van der Waals surface area contributed by atoms with Crippen LogP contribution in [0, 0.1) is 5.92 Å². The molecule has 108 valence electrons. The van der Waals surface area contributed by atoms with Crippen LogP contribution in [-0.2, 0) is 6.42 Å². The first kappa shape index (κ1) is 13.4. The van der Waals surface area contributed by atoms with E-state index in [1.54, 1.807) is 6.07 Å². The largest absolute Gasteiger partial charge is 0.455 e. The molecule has 2 aliphatic carbocycles. The molecule has 0 aromatic carbocycles. The second-order valence-corrected chi connectivity index (χ2v) is 6.07. The summed E-state index contributed by atoms with van der Waals surface area (Å²) in [6.07, 6.45) is 6.76. The SMILES string of the molecule is CC1CCCCC1NC(=O)c1cc2c(o1)CCCC2=O. The number of Topliss-reactive ketones (excluding diaryl/α,β-unsaturated/α-hetero) is 1. The molecule has 0 spiro atoms. The Morgan fingerprint density at radius 3 is 2.80 bits per heavy atom. The number of amides is 1. The Kier molecular flexibility index (Phi) is 3.64. The Hall–Kier alpha value is -1.58. The highest BCUT2D eigenvalue weighted by atomic mass is 16.4. The van der Waals surface area contributed by atoms with Crippen LogP contribution >= 0.6 is 0 Å². The van der Waals surface area contributed by atoms with Gasteiger partial charge in [-0.2, -0.15) is 0 Å². The van der Waals surface area contributed by atoms with Gasteiger partial charge in [0.15, 0.2) is 11.5 Å². The highest BCUT2D eigenvalue weighted by molar-refractivity contribution is 6.01. The third-order valence-electron chi connectivity index (χ3n) is 4.57. The molecule has 4 heteroatoms. The van der Waals surface area contributed by atoms with Gasteiger partial charge in [0, 0.05) is 24.9 Å². The summed E-state index contributed by atoms with van der Waals surface area (Å²) in [6.45, 7) is 2.18. The molecule has 1 saturated carbocycles. The van der Waals surface area contributed by atoms with Crippen molar-refractivity contribution in [2.45, 2.75) is 57.9 Å². The minimum Gasteiger partial charge on any atom is -0.455 e. The number of hydrogen-bond donors (Lipinski definition) is 1. The van der Waals surface area contributed by atoms with Gasteiger partial charge >= 0.3 is 0 Å². The molecule has 2 unspecified atom stereocenters. The predicted octanol–water partition coefficient (Wildman–Crippen LogP) is 3.11. The highest BCUT2D eigenvalue weighted by Gasteiger charge is 2.27. The number of rotatable bonds is 2. The minimum atomic E-state index is -0.175. The van der Waals surface area contributed by atoms with E-state index in [2.05, 4.69) is 12.2 Å². The van der Waals surface area contributed by atoms with Crippen LogP contribution < -0.4 is 5.32 Å². The Morgan fingerprint density at radius 2 is 2.05 bits per heavy atom. The average Bonchev–Trinajstić information content (AvgIpc) is 2.87. The van der Waals surface area contributed by atoms with Crippen LogP contribution in [0.25, 0.3) is 0 Å². The van der Waals surface area contributed by atoms with E-state index in [0.29, 0.717) is 29.4 Å². The van der Waals surface area contributed by atoms with Crippen molar-refractivity contribution in [3.63, 3.8) is 0 Å². The van der Waals surface area contributed by atoms with Gasteiger partial charge in [-0.05, 0) is 25.2 Å². The molecule has 0 saturated heterocycles. The van der Waals surface area contributed by atoms with E-state index in [4.69, 9.17) is 4.42 Å². The molecule has 3 rings (SSSR count). The van der Waals surface area contributed by atoms with Gasteiger partial charge < -0.3 is 9.73 Å². The maximum atomic E-state index is 12.3. The molecule has 2 atom stereocenters. The van der Waals surface area contributed by atoms with Gasteiger partial charge in [0.1, 0.15) is 5.76 Å². The van der Waals surface area contributed by atoms with Crippen LogP contribution in [0.3, 0.4) is 0 Å². The van der Waals surface area contributed by atoms with Gasteiger partial charge in [-0.25, -0.2) is 0 Å². The maximum absolute atomic E-state index is 12.3. The number of aryl methyl sites for hydroxylation is 1. The third kappa shape index (κ3) is 2.51. The smallest absolute Gasteiger partial charge is 0.287 e. The molecule has 4 nitrogen and oxygen atoms in total. The summed E-state index contributed by atoms with van der Waals surface area (Å²) in [4.78, 5) is 24.0. The minimum absolute atomic E-state index is 0.0973. The summed E-state index contributed by atoms with van der Waals surface area (Å²) in [7, 11) is 0. The van der Waals surface area contributed by atoms with E-state index >= 15 is 0 Å². The van der Waals surface area contributed by atoms with Gasteiger partial charge in [-0.1, -0.05) is 19.8 Å². The number of fused-ring (bicyclic) bond motifs is 1. The number of nitrogens with one attached hydrogen (secondary N) is 1. The van der Waals surface area contributed by atoms with E-state index in [0.717, 1.165) is 25.7 Å². The Morgan fingerprint density at radius 1 is 1.25 bits per heavy atom. The molecule has 1 aromatic heterocycles. The number of ketones is 1. The molecule has 1 heterocycles. The predicted molar refractivity (Wildman–Crippen MR) is 74.9 cm³/mol. The third-order valence-corrected chi connectivity index (χ3v) is 4.57. The average molecular weight is 275 g/mol. The van der Waals surface area contributed by atoms with Gasteiger partial charge in [-0.15, -0.1) is 0 Å². The Bertz CT molecular complexity index is 532. The first-order valence-corrected chi connectivity index (χ1v) is 7.62. The van der Waals surface area contributed by atoms with E-state index in [1.165, 1.54) is 12.8 Å². The van der Waals surface area contributed by atoms with Crippen molar-refractivity contribution in [2.75, 3.05) is 0 Å². The van der Waals surface area contributed by atoms with E-state index < -0.39 is 0 Å². The lowest BCUT2D eigenvalue weighted by Gasteiger charge is -2.29. The lowest BCUT2D eigenvalue weighted by Crippen LogP contribution is -2.40. The second kappa shape index (κ2) is 5.43. The van der Waals surface area contributed by atoms with Crippen molar-refractivity contribution in [1.29, 1.82) is 0 Å². The zero-order valence-corrected chi connectivity index (χ0v) is 11.9. The van der Waals surface area contributed by atoms with Crippen molar-refractivity contribution in [3.05, 3.63) is 23.2 Å². The normalized spacial score (nSPS) is 26.1. The van der Waals surface area contributed by atoms with Crippen LogP contribution in [0.1, 0.15) is 72.1 Å². The van der Waals surface area contributed by atoms with Crippen molar-refractivity contribution in [3.8, 4) is 0 Å². The number of carbonyl (C=O) groups excluding carboxylic acids is 2. The molecular formula is C16H21NO3. The quantitative estimate of drug-likeness (QED) is 0.902. The van der Waals surface area contributed by atoms with E-state index in [-0.39, 0.29) is 17.7 Å². The van der Waals surface area contributed by atoms with Crippen LogP contribution in [0.2, 0.25) is 0 Å². The lowest BCUT2D eigenvalue weighted by atomic mass is 9.86. The summed E-state index contributed by atoms with van der Waals surface area (Å²) in [6, 6.07) is 1.86. The summed E-state index contributed by atoms with van der Waals surface area (Å²) in [5, 5.41) is 3.06. The molecule has 1 N–H and O–H groups in total. The second-order valence-electron chi connectivity index (χ2n) is 6.07. The first-order valence-electron chi connectivity index (χ1n) is 7.62. The number of carbonyl (C=O) groups is 2. The van der Waals surface area contributed by atoms with Crippen LogP contribution in [0.4, 0.5) is 0 Å². The molecule has 2 aliphatic rings. The van der Waals surface area contributed by atoms with E-state index in [9.17, 15) is 9.59 Å². The van der Waals surface area contributed by atoms with Gasteiger partial charge in [0.25, 0.3) is 5.91 Å². The van der Waals surface area contributed by atoms with Crippen LogP contribution in [0.5, 0.6) is 0 Å². The Balaban J connectivity index is 1.72. The highest BCUT2D eigenvalue weighted by Crippen LogP contribution is 2.26. The van der Waals surface area contributed by atoms with Gasteiger partial charge in [0.05, 0.1) is 5.56 Å². The Labute approximate surface area is 118 Å². The van der Waals surface area contributed by atoms with Crippen LogP contribution in [-0.4, -0.2) is 17.7 Å². The summed E-state index contributed by atoms with van der Waals surface area (Å²) in [5.74, 6) is 1.41. The monoisotopic (exact) mass is 275 g/mol. The van der Waals surface area contributed by atoms with Crippen molar-refractivity contribution >= 4 is 11.7 Å². The topological polar surface area (TPSA) is 59.3 Å². The van der Waals surface area contributed by atoms with E-state index in [1.807, 2.05) is 0 Å². The fourth-order valence-electron chi connectivity index (χ4n) is 3.28. The molecule has 1 aromatic rings. The van der Waals surface area contributed by atoms with Crippen molar-refractivity contribution in [1.82, 2.24) is 5.32 Å². The molecular weight excluding hydrogens is 254 g/mol. The van der Waals surface area contributed by atoms with Crippen molar-refractivity contribution < 1.29 is 14.0 Å². The summed E-state index contributed by atoms with van der Waals surface area (Å²) in [5.41, 5.74) is 0.609. The summed E-state index contributed by atoms with van der Waals surface area (Å²) < 4.78 is 5.58. The van der Waals surface area contributed by atoms with Crippen LogP contribution in [0.15, 0.2) is 10.5 Å². The molecule has 1 fully saturated rings. The van der Waals surface area contributed by atoms with Gasteiger partial charge in [0.2, 0.25) is 0 Å². The zero-order valence-electron chi connectivity index (χ0n) is 11.9. The molecule has 0 radical (unpaired) electrons.